The Hall–Kier alpha value is -2.67. The molecule has 1 aromatic rings. The van der Waals surface area contributed by atoms with Crippen LogP contribution in [0.5, 0.6) is 0 Å². The molecule has 0 amide bonds. The lowest BCUT2D eigenvalue weighted by molar-refractivity contribution is -0.136. The minimum atomic E-state index is -4.58. The van der Waals surface area contributed by atoms with Gasteiger partial charge in [0.05, 0.1) is 23.0 Å². The van der Waals surface area contributed by atoms with Crippen molar-refractivity contribution in [3.8, 4) is 0 Å². The van der Waals surface area contributed by atoms with Crippen LogP contribution >= 0.6 is 11.6 Å². The molecule has 0 heterocycles. The largest absolute Gasteiger partial charge is 0.418 e. The number of rotatable bonds is 13. The van der Waals surface area contributed by atoms with Crippen LogP contribution in [0.1, 0.15) is 72.8 Å². The van der Waals surface area contributed by atoms with Crippen molar-refractivity contribution < 1.29 is 13.2 Å². The van der Waals surface area contributed by atoms with Crippen molar-refractivity contribution in [1.82, 2.24) is 5.32 Å². The standard InChI is InChI=1S/C28H40ClF3N4/c1-8-18(7)21(10-3)27(35-16-20(33)9-2)22(11-4)25(15-24(34)17(5)6)36-26-14-19(29)12-13-23(26)28(30,31)32/h12-16,22,27,34-36H,5,8-11,33H2,1-4,6-7H3/b20-16-,21-18+,25-15-,34-24?. The van der Waals surface area contributed by atoms with E-state index in [1.54, 1.807) is 19.2 Å². The molecule has 8 heteroatoms. The molecule has 0 radical (unpaired) electrons. The van der Waals surface area contributed by atoms with Crippen LogP contribution in [0.4, 0.5) is 18.9 Å². The van der Waals surface area contributed by atoms with E-state index in [0.29, 0.717) is 29.8 Å². The average Bonchev–Trinajstić information content (AvgIpc) is 2.81. The predicted octanol–water partition coefficient (Wildman–Crippen LogP) is 8.58. The van der Waals surface area contributed by atoms with Gasteiger partial charge in [-0.1, -0.05) is 51.4 Å². The highest BCUT2D eigenvalue weighted by Gasteiger charge is 2.35. The van der Waals surface area contributed by atoms with Gasteiger partial charge in [-0.3, -0.25) is 0 Å². The fourth-order valence-electron chi connectivity index (χ4n) is 3.94. The van der Waals surface area contributed by atoms with Crippen molar-refractivity contribution in [1.29, 1.82) is 5.41 Å². The van der Waals surface area contributed by atoms with Gasteiger partial charge in [0.25, 0.3) is 0 Å². The fraction of sp³-hybridized carbons (Fsp3) is 0.464. The summed E-state index contributed by atoms with van der Waals surface area (Å²) in [6.45, 7) is 15.7. The first-order chi connectivity index (χ1) is 16.8. The van der Waals surface area contributed by atoms with Crippen molar-refractivity contribution in [2.45, 2.75) is 79.4 Å². The Morgan fingerprint density at radius 1 is 1.14 bits per heavy atom. The van der Waals surface area contributed by atoms with E-state index < -0.39 is 11.7 Å². The summed E-state index contributed by atoms with van der Waals surface area (Å²) in [5.74, 6) is -0.304. The zero-order valence-electron chi connectivity index (χ0n) is 22.2. The molecule has 36 heavy (non-hydrogen) atoms. The van der Waals surface area contributed by atoms with Crippen LogP contribution in [0.2, 0.25) is 5.02 Å². The molecule has 1 aromatic carbocycles. The molecule has 2 unspecified atom stereocenters. The second kappa shape index (κ2) is 14.2. The van der Waals surface area contributed by atoms with Crippen molar-refractivity contribution in [3.63, 3.8) is 0 Å². The van der Waals surface area contributed by atoms with Gasteiger partial charge in [0, 0.05) is 28.5 Å². The Morgan fingerprint density at radius 2 is 1.78 bits per heavy atom. The van der Waals surface area contributed by atoms with E-state index in [1.165, 1.54) is 17.7 Å². The lowest BCUT2D eigenvalue weighted by atomic mass is 9.83. The molecule has 0 saturated heterocycles. The van der Waals surface area contributed by atoms with E-state index in [2.05, 4.69) is 38.0 Å². The van der Waals surface area contributed by atoms with Gasteiger partial charge in [-0.25, -0.2) is 0 Å². The van der Waals surface area contributed by atoms with Gasteiger partial charge in [-0.15, -0.1) is 0 Å². The van der Waals surface area contributed by atoms with E-state index in [-0.39, 0.29) is 28.4 Å². The second-order valence-corrected chi connectivity index (χ2v) is 9.29. The quantitative estimate of drug-likeness (QED) is 0.154. The van der Waals surface area contributed by atoms with Crippen molar-refractivity contribution in [2.24, 2.45) is 11.7 Å². The Kier molecular flexibility index (Phi) is 12.3. The maximum absolute atomic E-state index is 13.8. The number of allylic oxidation sites excluding steroid dienone is 4. The molecule has 5 N–H and O–H groups in total. The van der Waals surface area contributed by atoms with E-state index in [0.717, 1.165) is 24.5 Å². The number of hydrogen-bond acceptors (Lipinski definition) is 4. The molecule has 0 aliphatic carbocycles. The first-order valence-electron chi connectivity index (χ1n) is 12.3. The Balaban J connectivity index is 3.83. The Bertz CT molecular complexity index is 1020. The van der Waals surface area contributed by atoms with E-state index in [9.17, 15) is 13.2 Å². The van der Waals surface area contributed by atoms with E-state index >= 15 is 0 Å². The Labute approximate surface area is 219 Å². The number of nitrogens with two attached hydrogens (primary N) is 1. The maximum atomic E-state index is 13.8. The number of nitrogens with one attached hydrogen (secondary N) is 3. The molecule has 0 bridgehead atoms. The third-order valence-corrected chi connectivity index (χ3v) is 6.49. The van der Waals surface area contributed by atoms with Crippen LogP contribution in [0, 0.1) is 11.3 Å². The fourth-order valence-corrected chi connectivity index (χ4v) is 4.12. The SMILES string of the molecule is C=C(C)C(=N)/C=C(\Nc1cc(Cl)ccc1C(F)(F)F)C(CC)C(N/C=C(\N)CC)/C(CC)=C(\C)CC. The summed E-state index contributed by atoms with van der Waals surface area (Å²) in [6.07, 6.45) is 1.59. The van der Waals surface area contributed by atoms with E-state index in [4.69, 9.17) is 22.7 Å². The van der Waals surface area contributed by atoms with Crippen LogP contribution in [0.25, 0.3) is 0 Å². The Morgan fingerprint density at radius 3 is 2.25 bits per heavy atom. The number of halogens is 4. The number of benzene rings is 1. The molecule has 0 aliphatic rings. The minimum absolute atomic E-state index is 0.128. The first-order valence-corrected chi connectivity index (χ1v) is 12.7. The molecular formula is C28H40ClF3N4. The first kappa shape index (κ1) is 31.4. The average molecular weight is 525 g/mol. The normalized spacial score (nSPS) is 15.2. The second-order valence-electron chi connectivity index (χ2n) is 8.85. The molecule has 0 fully saturated rings. The highest BCUT2D eigenvalue weighted by Crippen LogP contribution is 2.38. The number of alkyl halides is 3. The number of hydrogen-bond donors (Lipinski definition) is 4. The molecule has 1 rings (SSSR count). The highest BCUT2D eigenvalue weighted by molar-refractivity contribution is 6.30. The lowest BCUT2D eigenvalue weighted by Crippen LogP contribution is -2.38. The van der Waals surface area contributed by atoms with Gasteiger partial charge in [-0.2, -0.15) is 13.2 Å². The molecule has 0 aromatic heterocycles. The van der Waals surface area contributed by atoms with Gasteiger partial charge in [0.15, 0.2) is 0 Å². The smallest absolute Gasteiger partial charge is 0.401 e. The summed E-state index contributed by atoms with van der Waals surface area (Å²) < 4.78 is 41.5. The summed E-state index contributed by atoms with van der Waals surface area (Å²) >= 11 is 6.09. The zero-order chi connectivity index (χ0) is 27.6. The molecule has 0 saturated carbocycles. The summed E-state index contributed by atoms with van der Waals surface area (Å²) in [5, 5.41) is 15.0. The molecule has 200 valence electrons. The molecule has 0 aliphatic heterocycles. The molecule has 0 spiro atoms. The summed E-state index contributed by atoms with van der Waals surface area (Å²) in [4.78, 5) is 0. The van der Waals surface area contributed by atoms with Crippen LogP contribution in [0.3, 0.4) is 0 Å². The topological polar surface area (TPSA) is 73.9 Å². The van der Waals surface area contributed by atoms with Crippen molar-refractivity contribution in [2.75, 3.05) is 5.32 Å². The van der Waals surface area contributed by atoms with Crippen LogP contribution in [-0.2, 0) is 6.18 Å². The maximum Gasteiger partial charge on any atom is 0.418 e. The lowest BCUT2D eigenvalue weighted by Gasteiger charge is -2.33. The summed E-state index contributed by atoms with van der Waals surface area (Å²) in [6, 6.07) is 3.19. The van der Waals surface area contributed by atoms with Gasteiger partial charge in [-0.05, 0) is 75.0 Å². The molecular weight excluding hydrogens is 485 g/mol. The van der Waals surface area contributed by atoms with Crippen molar-refractivity contribution in [3.05, 3.63) is 75.8 Å². The van der Waals surface area contributed by atoms with Gasteiger partial charge in [0.2, 0.25) is 0 Å². The third-order valence-electron chi connectivity index (χ3n) is 6.26. The number of anilines is 1. The van der Waals surface area contributed by atoms with Gasteiger partial charge >= 0.3 is 6.18 Å². The molecule has 2 atom stereocenters. The van der Waals surface area contributed by atoms with Crippen LogP contribution in [0.15, 0.2) is 65.2 Å². The predicted molar refractivity (Wildman–Crippen MR) is 147 cm³/mol. The summed E-state index contributed by atoms with van der Waals surface area (Å²) in [5.41, 5.74) is 9.21. The molecule has 4 nitrogen and oxygen atoms in total. The van der Waals surface area contributed by atoms with Crippen LogP contribution in [-0.4, -0.2) is 11.8 Å². The summed E-state index contributed by atoms with van der Waals surface area (Å²) in [7, 11) is 0. The van der Waals surface area contributed by atoms with Crippen molar-refractivity contribution >= 4 is 23.0 Å². The monoisotopic (exact) mass is 524 g/mol. The van der Waals surface area contributed by atoms with Gasteiger partial charge in [0.1, 0.15) is 0 Å². The van der Waals surface area contributed by atoms with Crippen LogP contribution < -0.4 is 16.4 Å². The minimum Gasteiger partial charge on any atom is -0.401 e. The highest BCUT2D eigenvalue weighted by atomic mass is 35.5. The van der Waals surface area contributed by atoms with Gasteiger partial charge < -0.3 is 21.8 Å². The van der Waals surface area contributed by atoms with E-state index in [1.807, 2.05) is 13.8 Å². The zero-order valence-corrected chi connectivity index (χ0v) is 22.9. The third kappa shape index (κ3) is 8.77.